The highest BCUT2D eigenvalue weighted by Gasteiger charge is 2.26. The summed E-state index contributed by atoms with van der Waals surface area (Å²) in [5.74, 6) is 0.564. The highest BCUT2D eigenvalue weighted by molar-refractivity contribution is 6.66. The van der Waals surface area contributed by atoms with Crippen LogP contribution in [0.5, 0.6) is 0 Å². The maximum absolute atomic E-state index is 12.0. The van der Waals surface area contributed by atoms with Gasteiger partial charge in [0.25, 0.3) is 0 Å². The Morgan fingerprint density at radius 1 is 1.36 bits per heavy atom. The van der Waals surface area contributed by atoms with Crippen LogP contribution in [0.1, 0.15) is 26.7 Å². The van der Waals surface area contributed by atoms with E-state index in [2.05, 4.69) is 20.4 Å². The Balaban J connectivity index is 3.42. The largest absolute Gasteiger partial charge is 0.507 e. The van der Waals surface area contributed by atoms with E-state index >= 15 is 0 Å². The minimum atomic E-state index is -4.92. The number of ether oxygens (including phenoxy) is 1. The normalized spacial score (nSPS) is 12.1. The van der Waals surface area contributed by atoms with Crippen molar-refractivity contribution in [3.05, 3.63) is 12.1 Å². The topological polar surface area (TPSA) is 9.23 Å². The van der Waals surface area contributed by atoms with Crippen LogP contribution in [0.4, 0.5) is 12.9 Å². The molecule has 0 spiro atoms. The average molecular weight is 209 g/mol. The van der Waals surface area contributed by atoms with Gasteiger partial charge in [-0.25, -0.2) is 0 Å². The summed E-state index contributed by atoms with van der Waals surface area (Å²) in [7, 11) is 0. The van der Waals surface area contributed by atoms with Gasteiger partial charge in [-0.3, -0.25) is 0 Å². The van der Waals surface area contributed by atoms with Crippen LogP contribution in [0.15, 0.2) is 12.1 Å². The first-order chi connectivity index (χ1) is 6.34. The van der Waals surface area contributed by atoms with E-state index in [0.29, 0.717) is 12.5 Å². The van der Waals surface area contributed by atoms with E-state index in [1.165, 1.54) is 0 Å². The molecule has 0 bridgehead atoms. The van der Waals surface area contributed by atoms with Crippen molar-refractivity contribution in [3.63, 3.8) is 0 Å². The third-order valence-electron chi connectivity index (χ3n) is 1.82. The van der Waals surface area contributed by atoms with Crippen molar-refractivity contribution < 1.29 is 17.7 Å². The predicted molar refractivity (Wildman–Crippen MR) is 53.1 cm³/mol. The lowest BCUT2D eigenvalue weighted by Gasteiger charge is -2.17. The molecule has 0 fully saturated rings. The molecule has 0 radical (unpaired) electrons. The second-order valence-electron chi connectivity index (χ2n) is 3.82. The van der Waals surface area contributed by atoms with E-state index in [1.807, 2.05) is 0 Å². The minimum absolute atomic E-state index is 0.378. The number of rotatable bonds is 7. The van der Waals surface area contributed by atoms with Crippen molar-refractivity contribution in [3.8, 4) is 0 Å². The number of halogens is 3. The minimum Gasteiger partial charge on any atom is -0.445 e. The van der Waals surface area contributed by atoms with Gasteiger partial charge in [-0.1, -0.05) is 13.8 Å². The first-order valence-corrected chi connectivity index (χ1v) is 4.79. The Labute approximate surface area is 83.4 Å². The van der Waals surface area contributed by atoms with Crippen LogP contribution < -0.4 is 0 Å². The smallest absolute Gasteiger partial charge is 0.445 e. The van der Waals surface area contributed by atoms with E-state index in [4.69, 9.17) is 4.74 Å². The van der Waals surface area contributed by atoms with Crippen LogP contribution in [-0.2, 0) is 4.74 Å². The first-order valence-electron chi connectivity index (χ1n) is 4.79. The van der Waals surface area contributed by atoms with Crippen molar-refractivity contribution in [1.29, 1.82) is 0 Å². The molecule has 0 aromatic heterocycles. The lowest BCUT2D eigenvalue weighted by Crippen LogP contribution is -2.22. The summed E-state index contributed by atoms with van der Waals surface area (Å²) in [5.41, 5.74) is -0.755. The summed E-state index contributed by atoms with van der Waals surface area (Å²) < 4.78 is 40.8. The summed E-state index contributed by atoms with van der Waals surface area (Å²) >= 11 is 0. The van der Waals surface area contributed by atoms with E-state index in [1.54, 1.807) is 0 Å². The molecular weight excluding hydrogens is 192 g/mol. The van der Waals surface area contributed by atoms with Gasteiger partial charge in [-0.2, -0.15) is 0 Å². The summed E-state index contributed by atoms with van der Waals surface area (Å²) in [6, 6.07) is 0. The van der Waals surface area contributed by atoms with Gasteiger partial charge in [0.15, 0.2) is 0 Å². The number of hydrogen-bond acceptors (Lipinski definition) is 1. The highest BCUT2D eigenvalue weighted by atomic mass is 19.4. The van der Waals surface area contributed by atoms with Crippen molar-refractivity contribution >= 4 is 6.98 Å². The fourth-order valence-corrected chi connectivity index (χ4v) is 0.891. The molecule has 0 heterocycles. The van der Waals surface area contributed by atoms with Crippen LogP contribution in [0.25, 0.3) is 0 Å². The van der Waals surface area contributed by atoms with Crippen molar-refractivity contribution in [1.82, 2.24) is 0 Å². The molecule has 14 heavy (non-hydrogen) atoms. The zero-order valence-corrected chi connectivity index (χ0v) is 8.73. The zero-order chi connectivity index (χ0) is 11.2. The van der Waals surface area contributed by atoms with E-state index < -0.39 is 12.4 Å². The summed E-state index contributed by atoms with van der Waals surface area (Å²) in [5, 5.41) is 0. The molecule has 0 aromatic rings. The van der Waals surface area contributed by atoms with Gasteiger partial charge < -0.3 is 17.7 Å². The molecule has 0 aliphatic rings. The van der Waals surface area contributed by atoms with Crippen LogP contribution in [-0.4, -0.2) is 20.2 Å². The monoisotopic (exact) mass is 209 g/mol. The van der Waals surface area contributed by atoms with Gasteiger partial charge in [-0.15, -0.1) is 12.1 Å². The Morgan fingerprint density at radius 3 is 2.36 bits per heavy atom. The third kappa shape index (κ3) is 7.01. The van der Waals surface area contributed by atoms with Gasteiger partial charge in [0.1, 0.15) is 0 Å². The van der Waals surface area contributed by atoms with E-state index in [9.17, 15) is 12.9 Å². The molecule has 0 N–H and O–H groups in total. The molecule has 0 atom stereocenters. The standard InChI is InChI=1S/C9H17BF3O/c1-8(2)5-4-6-14-7-9(3)10(11,12)13/h8H,3-7H2,1-2H3/q-1. The van der Waals surface area contributed by atoms with Gasteiger partial charge in [0.2, 0.25) is 0 Å². The second-order valence-corrected chi connectivity index (χ2v) is 3.82. The Kier molecular flexibility index (Phi) is 5.92. The maximum Gasteiger partial charge on any atom is 0.507 e. The third-order valence-corrected chi connectivity index (χ3v) is 1.82. The molecule has 0 unspecified atom stereocenters. The Morgan fingerprint density at radius 2 is 1.93 bits per heavy atom. The lowest BCUT2D eigenvalue weighted by molar-refractivity contribution is 0.149. The zero-order valence-electron chi connectivity index (χ0n) is 8.73. The average Bonchev–Trinajstić information content (AvgIpc) is 2.01. The molecule has 5 heteroatoms. The predicted octanol–water partition coefficient (Wildman–Crippen LogP) is 3.38. The second kappa shape index (κ2) is 6.12. The van der Waals surface area contributed by atoms with Gasteiger partial charge in [0, 0.05) is 13.2 Å². The fraction of sp³-hybridized carbons (Fsp3) is 0.778. The van der Waals surface area contributed by atoms with E-state index in [0.717, 1.165) is 12.8 Å². The lowest BCUT2D eigenvalue weighted by atomic mass is 9.81. The van der Waals surface area contributed by atoms with Crippen LogP contribution in [0.2, 0.25) is 0 Å². The number of hydrogen-bond donors (Lipinski definition) is 0. The molecule has 84 valence electrons. The van der Waals surface area contributed by atoms with E-state index in [-0.39, 0.29) is 6.61 Å². The molecule has 0 saturated heterocycles. The van der Waals surface area contributed by atoms with Gasteiger partial charge in [0.05, 0.1) is 0 Å². The van der Waals surface area contributed by atoms with Crippen molar-refractivity contribution in [2.75, 3.05) is 13.2 Å². The summed E-state index contributed by atoms with van der Waals surface area (Å²) in [6.07, 6.45) is 1.78. The first kappa shape index (κ1) is 13.6. The van der Waals surface area contributed by atoms with Crippen LogP contribution in [0, 0.1) is 5.92 Å². The summed E-state index contributed by atoms with van der Waals surface area (Å²) in [4.78, 5) is 0. The molecule has 0 saturated carbocycles. The molecule has 0 aromatic carbocycles. The highest BCUT2D eigenvalue weighted by Crippen LogP contribution is 2.18. The quantitative estimate of drug-likeness (QED) is 0.461. The van der Waals surface area contributed by atoms with Crippen LogP contribution >= 0.6 is 0 Å². The molecule has 0 amide bonds. The van der Waals surface area contributed by atoms with Gasteiger partial charge in [-0.05, 0) is 18.8 Å². The van der Waals surface area contributed by atoms with Crippen molar-refractivity contribution in [2.45, 2.75) is 26.7 Å². The molecule has 0 aliphatic carbocycles. The maximum atomic E-state index is 12.0. The molecule has 0 rings (SSSR count). The SMILES string of the molecule is C=C(COCCCC(C)C)[B-](F)(F)F. The van der Waals surface area contributed by atoms with Crippen LogP contribution in [0.3, 0.4) is 0 Å². The molecule has 1 nitrogen and oxygen atoms in total. The molecule has 0 aliphatic heterocycles. The Hall–Kier alpha value is -0.445. The molecular formula is C9H17BF3O-. The fourth-order valence-electron chi connectivity index (χ4n) is 0.891. The Bertz CT molecular complexity index is 177. The van der Waals surface area contributed by atoms with Gasteiger partial charge >= 0.3 is 6.98 Å². The van der Waals surface area contributed by atoms with Crippen molar-refractivity contribution in [2.24, 2.45) is 5.92 Å². The summed E-state index contributed by atoms with van der Waals surface area (Å²) in [6.45, 7) is 2.14.